The van der Waals surface area contributed by atoms with Gasteiger partial charge in [-0.25, -0.2) is 21.8 Å². The summed E-state index contributed by atoms with van der Waals surface area (Å²) < 4.78 is 58.4. The lowest BCUT2D eigenvalue weighted by Gasteiger charge is -2.28. The van der Waals surface area contributed by atoms with Crippen LogP contribution in [0.1, 0.15) is 6.92 Å². The average Bonchev–Trinajstić information content (AvgIpc) is 2.79. The Morgan fingerprint density at radius 2 is 1.74 bits per heavy atom. The number of carbonyl (C=O) groups is 1. The summed E-state index contributed by atoms with van der Waals surface area (Å²) >= 11 is 6.14. The van der Waals surface area contributed by atoms with Gasteiger partial charge in [0.2, 0.25) is 15.9 Å². The standard InChI is InChI=1S/C22H23ClN4O6S2/c1-15(27(34(3,29)30)17-9-12-20(33-2)19(23)14-17)22(28)25-16-7-10-18(11-8-16)35(31,32)26-21-6-4-5-13-24-21/h4-15H,1-3H3,(H,24,26)(H,25,28). The van der Waals surface area contributed by atoms with E-state index >= 15 is 0 Å². The van der Waals surface area contributed by atoms with Crippen LogP contribution in [-0.4, -0.2) is 47.1 Å². The van der Waals surface area contributed by atoms with Crippen molar-refractivity contribution < 1.29 is 26.4 Å². The van der Waals surface area contributed by atoms with Crippen LogP contribution in [0.15, 0.2) is 71.8 Å². The Hall–Kier alpha value is -3.35. The number of ether oxygens (including phenoxy) is 1. The van der Waals surface area contributed by atoms with Crippen LogP contribution < -0.4 is 19.1 Å². The molecule has 0 bridgehead atoms. The molecule has 1 unspecified atom stereocenters. The van der Waals surface area contributed by atoms with Crippen molar-refractivity contribution in [2.24, 2.45) is 0 Å². The minimum atomic E-state index is -3.89. The first kappa shape index (κ1) is 26.3. The summed E-state index contributed by atoms with van der Waals surface area (Å²) in [6, 6.07) is 13.4. The van der Waals surface area contributed by atoms with Gasteiger partial charge >= 0.3 is 0 Å². The molecular weight excluding hydrogens is 516 g/mol. The molecule has 1 aromatic heterocycles. The van der Waals surface area contributed by atoms with E-state index in [1.165, 1.54) is 68.8 Å². The SMILES string of the molecule is COc1ccc(N(C(C)C(=O)Nc2ccc(S(=O)(=O)Nc3ccccn3)cc2)S(C)(=O)=O)cc1Cl. The smallest absolute Gasteiger partial charge is 0.263 e. The number of sulfonamides is 2. The zero-order valence-corrected chi connectivity index (χ0v) is 21.4. The van der Waals surface area contributed by atoms with Gasteiger partial charge in [0.15, 0.2) is 0 Å². The van der Waals surface area contributed by atoms with Gasteiger partial charge in [0, 0.05) is 11.9 Å². The fourth-order valence-corrected chi connectivity index (χ4v) is 5.61. The molecule has 13 heteroatoms. The maximum absolute atomic E-state index is 12.9. The molecule has 1 amide bonds. The number of anilines is 3. The molecule has 35 heavy (non-hydrogen) atoms. The molecule has 0 spiro atoms. The van der Waals surface area contributed by atoms with Crippen LogP contribution in [-0.2, 0) is 24.8 Å². The molecule has 2 N–H and O–H groups in total. The Bertz CT molecular complexity index is 1420. The Morgan fingerprint density at radius 3 is 2.29 bits per heavy atom. The molecule has 3 aromatic rings. The molecule has 0 radical (unpaired) electrons. The lowest BCUT2D eigenvalue weighted by molar-refractivity contribution is -0.116. The fourth-order valence-electron chi connectivity index (χ4n) is 3.19. The van der Waals surface area contributed by atoms with Crippen LogP contribution in [0.4, 0.5) is 17.2 Å². The summed E-state index contributed by atoms with van der Waals surface area (Å²) in [5, 5.41) is 2.78. The van der Waals surface area contributed by atoms with Crippen molar-refractivity contribution in [1.29, 1.82) is 0 Å². The van der Waals surface area contributed by atoms with Gasteiger partial charge in [0.25, 0.3) is 10.0 Å². The number of pyridine rings is 1. The van der Waals surface area contributed by atoms with Crippen LogP contribution in [0.2, 0.25) is 5.02 Å². The highest BCUT2D eigenvalue weighted by molar-refractivity contribution is 7.92. The molecule has 1 heterocycles. The molecule has 186 valence electrons. The highest BCUT2D eigenvalue weighted by Crippen LogP contribution is 2.31. The Balaban J connectivity index is 1.78. The number of hydrogen-bond donors (Lipinski definition) is 2. The third-order valence-electron chi connectivity index (χ3n) is 4.81. The first-order valence-electron chi connectivity index (χ1n) is 10.1. The number of halogens is 1. The van der Waals surface area contributed by atoms with E-state index in [1.807, 2.05) is 0 Å². The second kappa shape index (κ2) is 10.5. The van der Waals surface area contributed by atoms with Crippen molar-refractivity contribution in [1.82, 2.24) is 4.98 Å². The van der Waals surface area contributed by atoms with Crippen LogP contribution in [0.25, 0.3) is 0 Å². The molecule has 0 aliphatic carbocycles. The predicted octanol–water partition coefficient (Wildman–Crippen LogP) is 3.34. The molecule has 2 aromatic carbocycles. The number of nitrogens with one attached hydrogen (secondary N) is 2. The van der Waals surface area contributed by atoms with Crippen LogP contribution in [0.3, 0.4) is 0 Å². The van der Waals surface area contributed by atoms with E-state index in [9.17, 15) is 21.6 Å². The van der Waals surface area contributed by atoms with Crippen molar-refractivity contribution in [3.63, 3.8) is 0 Å². The van der Waals surface area contributed by atoms with Crippen molar-refractivity contribution in [3.05, 3.63) is 71.9 Å². The predicted molar refractivity (Wildman–Crippen MR) is 135 cm³/mol. The number of benzene rings is 2. The number of methoxy groups -OCH3 is 1. The summed E-state index contributed by atoms with van der Waals surface area (Å²) in [6.45, 7) is 1.42. The molecular formula is C22H23ClN4O6S2. The molecule has 0 aliphatic rings. The summed E-state index contributed by atoms with van der Waals surface area (Å²) in [4.78, 5) is 16.8. The molecule has 1 atom stereocenters. The van der Waals surface area contributed by atoms with E-state index in [-0.39, 0.29) is 27.1 Å². The molecule has 0 saturated heterocycles. The van der Waals surface area contributed by atoms with E-state index in [1.54, 1.807) is 12.1 Å². The Labute approximate surface area is 209 Å². The summed E-state index contributed by atoms with van der Waals surface area (Å²) in [7, 11) is -6.33. The zero-order chi connectivity index (χ0) is 25.8. The molecule has 0 fully saturated rings. The molecule has 0 saturated carbocycles. The molecule has 0 aliphatic heterocycles. The lowest BCUT2D eigenvalue weighted by atomic mass is 10.2. The quantitative estimate of drug-likeness (QED) is 0.426. The third kappa shape index (κ3) is 6.41. The fraction of sp³-hybridized carbons (Fsp3) is 0.182. The van der Waals surface area contributed by atoms with E-state index in [4.69, 9.17) is 16.3 Å². The third-order valence-corrected chi connectivity index (χ3v) is 7.72. The van der Waals surface area contributed by atoms with Gasteiger partial charge in [0.05, 0.1) is 29.0 Å². The minimum absolute atomic E-state index is 0.0418. The number of nitrogens with zero attached hydrogens (tertiary/aromatic N) is 2. The van der Waals surface area contributed by atoms with Crippen molar-refractivity contribution in [2.75, 3.05) is 27.7 Å². The van der Waals surface area contributed by atoms with E-state index in [0.29, 0.717) is 5.75 Å². The van der Waals surface area contributed by atoms with Gasteiger partial charge in [0.1, 0.15) is 17.6 Å². The van der Waals surface area contributed by atoms with Crippen LogP contribution >= 0.6 is 11.6 Å². The highest BCUT2D eigenvalue weighted by Gasteiger charge is 2.30. The van der Waals surface area contributed by atoms with Gasteiger partial charge in [-0.2, -0.15) is 0 Å². The van der Waals surface area contributed by atoms with Crippen LogP contribution in [0, 0.1) is 0 Å². The topological polar surface area (TPSA) is 135 Å². The minimum Gasteiger partial charge on any atom is -0.495 e. The van der Waals surface area contributed by atoms with Gasteiger partial charge in [-0.05, 0) is 61.5 Å². The van der Waals surface area contributed by atoms with E-state index in [2.05, 4.69) is 15.0 Å². The number of amides is 1. The maximum Gasteiger partial charge on any atom is 0.263 e. The zero-order valence-electron chi connectivity index (χ0n) is 19.0. The normalized spacial score (nSPS) is 12.5. The maximum atomic E-state index is 12.9. The van der Waals surface area contributed by atoms with Gasteiger partial charge in [-0.15, -0.1) is 0 Å². The van der Waals surface area contributed by atoms with Gasteiger partial charge in [-0.3, -0.25) is 13.8 Å². The second-order valence-electron chi connectivity index (χ2n) is 7.39. The molecule has 10 nitrogen and oxygen atoms in total. The van der Waals surface area contributed by atoms with Crippen molar-refractivity contribution >= 4 is 54.7 Å². The highest BCUT2D eigenvalue weighted by atomic mass is 35.5. The monoisotopic (exact) mass is 538 g/mol. The lowest BCUT2D eigenvalue weighted by Crippen LogP contribution is -2.45. The summed E-state index contributed by atoms with van der Waals surface area (Å²) in [5.74, 6) is -0.115. The van der Waals surface area contributed by atoms with Crippen molar-refractivity contribution in [3.8, 4) is 5.75 Å². The number of carbonyl (C=O) groups excluding carboxylic acids is 1. The van der Waals surface area contributed by atoms with Gasteiger partial charge in [-0.1, -0.05) is 17.7 Å². The van der Waals surface area contributed by atoms with E-state index in [0.717, 1.165) is 10.6 Å². The average molecular weight is 539 g/mol. The Kier molecular flexibility index (Phi) is 7.88. The number of hydrogen-bond acceptors (Lipinski definition) is 7. The van der Waals surface area contributed by atoms with Crippen molar-refractivity contribution in [2.45, 2.75) is 17.9 Å². The number of rotatable bonds is 9. The first-order chi connectivity index (χ1) is 16.4. The summed E-state index contributed by atoms with van der Waals surface area (Å²) in [5.41, 5.74) is 0.461. The first-order valence-corrected chi connectivity index (χ1v) is 13.8. The number of aromatic nitrogens is 1. The van der Waals surface area contributed by atoms with Gasteiger partial charge < -0.3 is 10.1 Å². The van der Waals surface area contributed by atoms with E-state index < -0.39 is 32.0 Å². The van der Waals surface area contributed by atoms with Crippen LogP contribution in [0.5, 0.6) is 5.75 Å². The Morgan fingerprint density at radius 1 is 1.06 bits per heavy atom. The largest absolute Gasteiger partial charge is 0.495 e. The summed E-state index contributed by atoms with van der Waals surface area (Å²) in [6.07, 6.45) is 2.43. The molecule has 3 rings (SSSR count). The second-order valence-corrected chi connectivity index (χ2v) is 11.3.